The Hall–Kier alpha value is -1.67. The number of likely N-dealkylation sites (tertiary alicyclic amines) is 1. The van der Waals surface area contributed by atoms with Crippen LogP contribution in [0, 0.1) is 0 Å². The van der Waals surface area contributed by atoms with Crippen molar-refractivity contribution in [2.45, 2.75) is 44.2 Å². The molecule has 1 saturated heterocycles. The van der Waals surface area contributed by atoms with E-state index in [1.807, 2.05) is 0 Å². The fourth-order valence-corrected chi connectivity index (χ4v) is 2.36. The Morgan fingerprint density at radius 2 is 2.05 bits per heavy atom. The number of hydrogen-bond acceptors (Lipinski definition) is 5. The molecule has 8 heteroatoms. The Morgan fingerprint density at radius 3 is 2.67 bits per heavy atom. The van der Waals surface area contributed by atoms with E-state index in [-0.39, 0.29) is 12.5 Å². The van der Waals surface area contributed by atoms with Crippen LogP contribution in [0.3, 0.4) is 0 Å². The summed E-state index contributed by atoms with van der Waals surface area (Å²) in [4.78, 5) is 35.9. The second-order valence-corrected chi connectivity index (χ2v) is 5.19. The van der Waals surface area contributed by atoms with Gasteiger partial charge in [0.15, 0.2) is 0 Å². The molecule has 2 atom stereocenters. The number of amides is 2. The highest BCUT2D eigenvalue weighted by atomic mass is 16.4. The van der Waals surface area contributed by atoms with Crippen LogP contribution in [0.4, 0.5) is 0 Å². The molecule has 1 heterocycles. The molecule has 2 amide bonds. The topological polar surface area (TPSA) is 139 Å². The summed E-state index contributed by atoms with van der Waals surface area (Å²) in [7, 11) is 0. The Balaban J connectivity index is 2.35. The van der Waals surface area contributed by atoms with E-state index in [1.165, 1.54) is 4.90 Å². The molecule has 1 fully saturated rings. The highest BCUT2D eigenvalue weighted by molar-refractivity contribution is 5.89. The number of carbonyl (C=O) groups excluding carboxylic acids is 2. The molecule has 1 aliphatic heterocycles. The number of carboxylic acid groups (broad SMARTS) is 1. The lowest BCUT2D eigenvalue weighted by molar-refractivity contribution is -0.148. The van der Waals surface area contributed by atoms with Crippen LogP contribution < -0.4 is 16.8 Å². The molecular formula is C13H24N4O4. The minimum atomic E-state index is -1.01. The van der Waals surface area contributed by atoms with E-state index in [4.69, 9.17) is 16.6 Å². The number of rotatable bonds is 8. The van der Waals surface area contributed by atoms with Crippen LogP contribution in [0.1, 0.15) is 32.1 Å². The summed E-state index contributed by atoms with van der Waals surface area (Å²) in [5.74, 6) is -1.79. The maximum Gasteiger partial charge on any atom is 0.326 e. The quantitative estimate of drug-likeness (QED) is 0.408. The zero-order valence-electron chi connectivity index (χ0n) is 12.1. The first kappa shape index (κ1) is 17.4. The predicted molar refractivity (Wildman–Crippen MR) is 76.3 cm³/mol. The van der Waals surface area contributed by atoms with Crippen molar-refractivity contribution < 1.29 is 19.5 Å². The van der Waals surface area contributed by atoms with Crippen molar-refractivity contribution >= 4 is 17.8 Å². The van der Waals surface area contributed by atoms with Gasteiger partial charge in [0.05, 0.1) is 12.6 Å². The van der Waals surface area contributed by atoms with Crippen molar-refractivity contribution in [3.8, 4) is 0 Å². The van der Waals surface area contributed by atoms with Crippen molar-refractivity contribution in [3.63, 3.8) is 0 Å². The highest BCUT2D eigenvalue weighted by Gasteiger charge is 2.33. The number of nitrogens with two attached hydrogens (primary N) is 2. The summed E-state index contributed by atoms with van der Waals surface area (Å²) in [6, 6.07) is -1.45. The maximum absolute atomic E-state index is 11.9. The normalized spacial score (nSPS) is 19.3. The number of unbranched alkanes of at least 4 members (excludes halogenated alkanes) is 1. The lowest BCUT2D eigenvalue weighted by atomic mass is 10.1. The van der Waals surface area contributed by atoms with Crippen LogP contribution >= 0.6 is 0 Å². The van der Waals surface area contributed by atoms with Crippen molar-refractivity contribution in [2.75, 3.05) is 19.6 Å². The van der Waals surface area contributed by atoms with Crippen LogP contribution in [-0.2, 0) is 14.4 Å². The number of aliphatic carboxylic acids is 1. The monoisotopic (exact) mass is 300 g/mol. The van der Waals surface area contributed by atoms with Gasteiger partial charge in [-0.05, 0) is 32.2 Å². The Labute approximate surface area is 123 Å². The van der Waals surface area contributed by atoms with E-state index >= 15 is 0 Å². The Kier molecular flexibility index (Phi) is 7.10. The van der Waals surface area contributed by atoms with Crippen LogP contribution in [0.15, 0.2) is 0 Å². The molecule has 1 aliphatic rings. The second-order valence-electron chi connectivity index (χ2n) is 5.19. The molecule has 0 unspecified atom stereocenters. The van der Waals surface area contributed by atoms with Gasteiger partial charge in [0, 0.05) is 6.54 Å². The first-order valence-electron chi connectivity index (χ1n) is 7.23. The van der Waals surface area contributed by atoms with E-state index in [0.717, 1.165) is 12.8 Å². The van der Waals surface area contributed by atoms with Gasteiger partial charge in [-0.15, -0.1) is 0 Å². The lowest BCUT2D eigenvalue weighted by Gasteiger charge is -2.22. The minimum absolute atomic E-state index is 0.215. The number of hydrogen-bond donors (Lipinski definition) is 4. The fraction of sp³-hybridized carbons (Fsp3) is 0.769. The maximum atomic E-state index is 11.9. The lowest BCUT2D eigenvalue weighted by Crippen LogP contribution is -2.48. The van der Waals surface area contributed by atoms with Gasteiger partial charge in [0.25, 0.3) is 0 Å². The molecule has 0 radical (unpaired) electrons. The van der Waals surface area contributed by atoms with Gasteiger partial charge in [0.2, 0.25) is 11.8 Å². The largest absolute Gasteiger partial charge is 0.480 e. The van der Waals surface area contributed by atoms with Gasteiger partial charge in [-0.1, -0.05) is 6.42 Å². The average Bonchev–Trinajstić information content (AvgIpc) is 2.94. The van der Waals surface area contributed by atoms with Gasteiger partial charge < -0.3 is 26.8 Å². The molecule has 0 aromatic carbocycles. The number of nitrogens with one attached hydrogen (secondary N) is 1. The smallest absolute Gasteiger partial charge is 0.326 e. The molecule has 120 valence electrons. The highest BCUT2D eigenvalue weighted by Crippen LogP contribution is 2.17. The zero-order chi connectivity index (χ0) is 15.8. The molecule has 0 aliphatic carbocycles. The van der Waals surface area contributed by atoms with Crippen LogP contribution in [0.5, 0.6) is 0 Å². The predicted octanol–water partition coefficient (Wildman–Crippen LogP) is -1.37. The third-order valence-corrected chi connectivity index (χ3v) is 3.58. The van der Waals surface area contributed by atoms with Gasteiger partial charge in [-0.3, -0.25) is 9.59 Å². The van der Waals surface area contributed by atoms with Crippen LogP contribution in [0.25, 0.3) is 0 Å². The summed E-state index contributed by atoms with van der Waals surface area (Å²) >= 11 is 0. The molecule has 0 saturated carbocycles. The number of carbonyl (C=O) groups is 3. The standard InChI is InChI=1S/C13H24N4O4/c14-6-2-1-4-9(15)12(19)16-8-11(18)17-7-3-5-10(17)13(20)21/h9-10H,1-8,14-15H2,(H,16,19)(H,20,21)/t9-,10+/m0/s1. The van der Waals surface area contributed by atoms with Crippen molar-refractivity contribution in [1.29, 1.82) is 0 Å². The summed E-state index contributed by atoms with van der Waals surface area (Å²) in [5, 5.41) is 11.5. The molecular weight excluding hydrogens is 276 g/mol. The number of carboxylic acids is 1. The van der Waals surface area contributed by atoms with Gasteiger partial charge in [-0.2, -0.15) is 0 Å². The third-order valence-electron chi connectivity index (χ3n) is 3.58. The molecule has 1 rings (SSSR count). The summed E-state index contributed by atoms with van der Waals surface area (Å²) in [6.45, 7) is 0.750. The van der Waals surface area contributed by atoms with Crippen LogP contribution in [-0.4, -0.2) is 59.5 Å². The summed E-state index contributed by atoms with van der Waals surface area (Å²) < 4.78 is 0. The first-order chi connectivity index (χ1) is 9.97. The minimum Gasteiger partial charge on any atom is -0.480 e. The summed E-state index contributed by atoms with van der Waals surface area (Å²) in [5.41, 5.74) is 11.1. The van der Waals surface area contributed by atoms with E-state index < -0.39 is 24.0 Å². The fourth-order valence-electron chi connectivity index (χ4n) is 2.36. The zero-order valence-corrected chi connectivity index (χ0v) is 12.1. The van der Waals surface area contributed by atoms with Gasteiger partial charge in [0.1, 0.15) is 6.04 Å². The molecule has 0 spiro atoms. The first-order valence-corrected chi connectivity index (χ1v) is 7.23. The molecule has 0 aromatic rings. The van der Waals surface area contributed by atoms with E-state index in [1.54, 1.807) is 0 Å². The van der Waals surface area contributed by atoms with Crippen molar-refractivity contribution in [2.24, 2.45) is 11.5 Å². The molecule has 8 nitrogen and oxygen atoms in total. The van der Waals surface area contributed by atoms with Gasteiger partial charge >= 0.3 is 5.97 Å². The molecule has 6 N–H and O–H groups in total. The third kappa shape index (κ3) is 5.31. The van der Waals surface area contributed by atoms with E-state index in [2.05, 4.69) is 5.32 Å². The molecule has 0 aromatic heterocycles. The van der Waals surface area contributed by atoms with E-state index in [9.17, 15) is 14.4 Å². The average molecular weight is 300 g/mol. The number of nitrogens with zero attached hydrogens (tertiary/aromatic N) is 1. The molecule has 21 heavy (non-hydrogen) atoms. The molecule has 0 bridgehead atoms. The summed E-state index contributed by atoms with van der Waals surface area (Å²) in [6.07, 6.45) is 3.18. The SMILES string of the molecule is NCCCC[C@H](N)C(=O)NCC(=O)N1CCC[C@@H]1C(=O)O. The van der Waals surface area contributed by atoms with Crippen molar-refractivity contribution in [3.05, 3.63) is 0 Å². The Morgan fingerprint density at radius 1 is 1.33 bits per heavy atom. The van der Waals surface area contributed by atoms with Crippen molar-refractivity contribution in [1.82, 2.24) is 10.2 Å². The van der Waals surface area contributed by atoms with E-state index in [0.29, 0.717) is 32.4 Å². The second kappa shape index (κ2) is 8.58. The van der Waals surface area contributed by atoms with Gasteiger partial charge in [-0.25, -0.2) is 4.79 Å². The van der Waals surface area contributed by atoms with Crippen LogP contribution in [0.2, 0.25) is 0 Å². The Bertz CT molecular complexity index is 388.